The number of nitrogens with one attached hydrogen (secondary N) is 1. The lowest BCUT2D eigenvalue weighted by Gasteiger charge is -2.31. The Labute approximate surface area is 156 Å². The molecular formula is C22H32N2O2. The van der Waals surface area contributed by atoms with E-state index >= 15 is 0 Å². The third-order valence-electron chi connectivity index (χ3n) is 5.47. The standard InChI is InChI=1S/C22H32N2O2/c1-15(2)14-26-18-10-11-21-19(12-18)22(25)20(16(3)23-21)13-24(4)17-8-6-5-7-9-17/h10-12,15,17H,5-9,13-14H2,1-4H3,(H,23,25). The third kappa shape index (κ3) is 4.29. The molecule has 1 N–H and O–H groups in total. The number of fused-ring (bicyclic) bond motifs is 1. The SMILES string of the molecule is Cc1[nH]c2ccc(OCC(C)C)cc2c(=O)c1CN(C)C1CCCCC1. The Morgan fingerprint density at radius 2 is 1.96 bits per heavy atom. The Balaban J connectivity index is 1.88. The molecule has 1 aliphatic rings. The van der Waals surface area contributed by atoms with Gasteiger partial charge < -0.3 is 9.72 Å². The van der Waals surface area contributed by atoms with Crippen molar-refractivity contribution in [3.63, 3.8) is 0 Å². The minimum Gasteiger partial charge on any atom is -0.493 e. The zero-order valence-corrected chi connectivity index (χ0v) is 16.6. The normalized spacial score (nSPS) is 15.9. The van der Waals surface area contributed by atoms with E-state index in [-0.39, 0.29) is 5.43 Å². The number of rotatable bonds is 6. The monoisotopic (exact) mass is 356 g/mol. The van der Waals surface area contributed by atoms with E-state index in [1.54, 1.807) is 0 Å². The summed E-state index contributed by atoms with van der Waals surface area (Å²) in [6.45, 7) is 7.62. The van der Waals surface area contributed by atoms with E-state index in [1.807, 2.05) is 25.1 Å². The van der Waals surface area contributed by atoms with E-state index in [1.165, 1.54) is 32.1 Å². The molecule has 0 unspecified atom stereocenters. The van der Waals surface area contributed by atoms with Crippen LogP contribution in [-0.2, 0) is 6.54 Å². The van der Waals surface area contributed by atoms with Gasteiger partial charge in [0.25, 0.3) is 0 Å². The number of ether oxygens (including phenoxy) is 1. The lowest BCUT2D eigenvalue weighted by Crippen LogP contribution is -2.34. The minimum absolute atomic E-state index is 0.133. The van der Waals surface area contributed by atoms with Gasteiger partial charge in [0, 0.05) is 34.7 Å². The molecule has 1 heterocycles. The Kier molecular flexibility index (Phi) is 6.02. The fraction of sp³-hybridized carbons (Fsp3) is 0.591. The average molecular weight is 357 g/mol. The maximum absolute atomic E-state index is 13.2. The van der Waals surface area contributed by atoms with Crippen molar-refractivity contribution in [2.45, 2.75) is 65.5 Å². The molecule has 0 saturated heterocycles. The van der Waals surface area contributed by atoms with Crippen LogP contribution in [0.15, 0.2) is 23.0 Å². The van der Waals surface area contributed by atoms with Gasteiger partial charge >= 0.3 is 0 Å². The fourth-order valence-corrected chi connectivity index (χ4v) is 3.87. The number of hydrogen-bond acceptors (Lipinski definition) is 3. The molecule has 3 rings (SSSR count). The third-order valence-corrected chi connectivity index (χ3v) is 5.47. The van der Waals surface area contributed by atoms with Crippen molar-refractivity contribution in [3.05, 3.63) is 39.7 Å². The molecule has 4 nitrogen and oxygen atoms in total. The van der Waals surface area contributed by atoms with Gasteiger partial charge in [-0.3, -0.25) is 9.69 Å². The summed E-state index contributed by atoms with van der Waals surface area (Å²) in [6, 6.07) is 6.38. The van der Waals surface area contributed by atoms with Crippen molar-refractivity contribution in [1.82, 2.24) is 9.88 Å². The van der Waals surface area contributed by atoms with Crippen molar-refractivity contribution in [1.29, 1.82) is 0 Å². The molecule has 1 fully saturated rings. The van der Waals surface area contributed by atoms with Gasteiger partial charge in [0.2, 0.25) is 0 Å². The highest BCUT2D eigenvalue weighted by Gasteiger charge is 2.20. The molecule has 26 heavy (non-hydrogen) atoms. The molecule has 0 spiro atoms. The highest BCUT2D eigenvalue weighted by Crippen LogP contribution is 2.24. The van der Waals surface area contributed by atoms with E-state index in [0.717, 1.165) is 27.9 Å². The Morgan fingerprint density at radius 1 is 1.23 bits per heavy atom. The lowest BCUT2D eigenvalue weighted by molar-refractivity contribution is 0.184. The molecule has 1 aromatic carbocycles. The van der Waals surface area contributed by atoms with Crippen LogP contribution in [0, 0.1) is 12.8 Å². The maximum Gasteiger partial charge on any atom is 0.194 e. The predicted octanol–water partition coefficient (Wildman–Crippen LogP) is 4.64. The summed E-state index contributed by atoms with van der Waals surface area (Å²) in [5, 5.41) is 0.726. The summed E-state index contributed by atoms with van der Waals surface area (Å²) in [5.74, 6) is 1.23. The largest absolute Gasteiger partial charge is 0.493 e. The van der Waals surface area contributed by atoms with Crippen LogP contribution in [0.4, 0.5) is 0 Å². The fourth-order valence-electron chi connectivity index (χ4n) is 3.87. The van der Waals surface area contributed by atoms with Crippen LogP contribution in [-0.4, -0.2) is 29.6 Å². The Hall–Kier alpha value is -1.81. The van der Waals surface area contributed by atoms with Crippen LogP contribution in [0.5, 0.6) is 5.75 Å². The number of nitrogens with zero attached hydrogens (tertiary/aromatic N) is 1. The summed E-state index contributed by atoms with van der Waals surface area (Å²) in [4.78, 5) is 18.9. The molecule has 142 valence electrons. The van der Waals surface area contributed by atoms with Crippen LogP contribution >= 0.6 is 0 Å². The van der Waals surface area contributed by atoms with Crippen molar-refractivity contribution in [3.8, 4) is 5.75 Å². The number of aryl methyl sites for hydroxylation is 1. The number of aromatic nitrogens is 1. The molecule has 1 aromatic heterocycles. The van der Waals surface area contributed by atoms with Gasteiger partial charge in [-0.15, -0.1) is 0 Å². The zero-order valence-electron chi connectivity index (χ0n) is 16.6. The van der Waals surface area contributed by atoms with Gasteiger partial charge in [-0.2, -0.15) is 0 Å². The van der Waals surface area contributed by atoms with Crippen LogP contribution in [0.3, 0.4) is 0 Å². The van der Waals surface area contributed by atoms with Gasteiger partial charge in [0.15, 0.2) is 5.43 Å². The van der Waals surface area contributed by atoms with E-state index in [9.17, 15) is 4.79 Å². The molecule has 0 aliphatic heterocycles. The second-order valence-electron chi connectivity index (χ2n) is 8.18. The van der Waals surface area contributed by atoms with Crippen LogP contribution in [0.25, 0.3) is 10.9 Å². The van der Waals surface area contributed by atoms with Crippen molar-refractivity contribution in [2.24, 2.45) is 5.92 Å². The first-order valence-corrected chi connectivity index (χ1v) is 9.94. The lowest BCUT2D eigenvalue weighted by atomic mass is 9.94. The number of hydrogen-bond donors (Lipinski definition) is 1. The molecule has 2 aromatic rings. The quantitative estimate of drug-likeness (QED) is 0.820. The van der Waals surface area contributed by atoms with E-state index in [0.29, 0.717) is 25.1 Å². The van der Waals surface area contributed by atoms with Gasteiger partial charge in [0.05, 0.1) is 6.61 Å². The molecule has 1 saturated carbocycles. The maximum atomic E-state index is 13.2. The van der Waals surface area contributed by atoms with Crippen LogP contribution in [0.1, 0.15) is 57.2 Å². The number of benzene rings is 1. The Morgan fingerprint density at radius 3 is 2.65 bits per heavy atom. The van der Waals surface area contributed by atoms with E-state index in [4.69, 9.17) is 4.74 Å². The first-order valence-electron chi connectivity index (χ1n) is 9.94. The summed E-state index contributed by atoms with van der Waals surface area (Å²) in [7, 11) is 2.15. The van der Waals surface area contributed by atoms with Crippen molar-refractivity contribution >= 4 is 10.9 Å². The minimum atomic E-state index is 0.133. The Bertz CT molecular complexity index is 804. The van der Waals surface area contributed by atoms with Crippen molar-refractivity contribution < 1.29 is 4.74 Å². The number of pyridine rings is 1. The first-order chi connectivity index (χ1) is 12.5. The first kappa shape index (κ1) is 19.0. The number of H-pyrrole nitrogens is 1. The average Bonchev–Trinajstić information content (AvgIpc) is 2.64. The highest BCUT2D eigenvalue weighted by atomic mass is 16.5. The summed E-state index contributed by atoms with van der Waals surface area (Å²) in [5.41, 5.74) is 2.87. The second kappa shape index (κ2) is 8.26. The molecule has 0 bridgehead atoms. The second-order valence-corrected chi connectivity index (χ2v) is 8.18. The van der Waals surface area contributed by atoms with Gasteiger partial charge in [-0.05, 0) is 50.9 Å². The highest BCUT2D eigenvalue weighted by molar-refractivity contribution is 5.81. The van der Waals surface area contributed by atoms with E-state index in [2.05, 4.69) is 30.8 Å². The van der Waals surface area contributed by atoms with Crippen LogP contribution in [0.2, 0.25) is 0 Å². The van der Waals surface area contributed by atoms with Gasteiger partial charge in [-0.25, -0.2) is 0 Å². The van der Waals surface area contributed by atoms with E-state index < -0.39 is 0 Å². The van der Waals surface area contributed by atoms with Crippen LogP contribution < -0.4 is 10.2 Å². The summed E-state index contributed by atoms with van der Waals surface area (Å²) >= 11 is 0. The molecule has 1 aliphatic carbocycles. The topological polar surface area (TPSA) is 45.3 Å². The van der Waals surface area contributed by atoms with Gasteiger partial charge in [-0.1, -0.05) is 33.1 Å². The predicted molar refractivity (Wildman–Crippen MR) is 108 cm³/mol. The molecule has 0 radical (unpaired) electrons. The smallest absolute Gasteiger partial charge is 0.194 e. The molecule has 0 amide bonds. The zero-order chi connectivity index (χ0) is 18.7. The summed E-state index contributed by atoms with van der Waals surface area (Å²) in [6.07, 6.45) is 6.44. The van der Waals surface area contributed by atoms with Gasteiger partial charge in [0.1, 0.15) is 5.75 Å². The molecule has 4 heteroatoms. The molecular weight excluding hydrogens is 324 g/mol. The van der Waals surface area contributed by atoms with Crippen molar-refractivity contribution in [2.75, 3.05) is 13.7 Å². The number of aromatic amines is 1. The summed E-state index contributed by atoms with van der Waals surface area (Å²) < 4.78 is 5.81. The molecule has 0 atom stereocenters.